The molecule has 0 aliphatic rings. The summed E-state index contributed by atoms with van der Waals surface area (Å²) in [6.07, 6.45) is 1.79. The van der Waals surface area contributed by atoms with Gasteiger partial charge in [-0.1, -0.05) is 67.3 Å². The molecule has 5 nitrogen and oxygen atoms in total. The van der Waals surface area contributed by atoms with Crippen molar-refractivity contribution in [1.82, 2.24) is 14.8 Å². The van der Waals surface area contributed by atoms with Gasteiger partial charge in [0.15, 0.2) is 5.69 Å². The summed E-state index contributed by atoms with van der Waals surface area (Å²) in [5, 5.41) is 16.1. The van der Waals surface area contributed by atoms with E-state index >= 15 is 0 Å². The van der Waals surface area contributed by atoms with Gasteiger partial charge in [-0.15, -0.1) is 11.3 Å². The van der Waals surface area contributed by atoms with Crippen molar-refractivity contribution in [3.8, 4) is 27.6 Å². The van der Waals surface area contributed by atoms with Crippen LogP contribution < -0.4 is 0 Å². The predicted molar refractivity (Wildman–Crippen MR) is 112 cm³/mol. The minimum atomic E-state index is -1.05. The number of carboxylic acid groups (broad SMARTS) is 1. The largest absolute Gasteiger partial charge is 0.476 e. The highest BCUT2D eigenvalue weighted by atomic mass is 32.1. The van der Waals surface area contributed by atoms with Gasteiger partial charge in [0.25, 0.3) is 0 Å². The lowest BCUT2D eigenvalue weighted by Crippen LogP contribution is -2.02. The average molecular weight is 387 g/mol. The van der Waals surface area contributed by atoms with Crippen molar-refractivity contribution in [2.45, 2.75) is 6.92 Å². The number of nitrogens with zero attached hydrogens (tertiary/aromatic N) is 3. The van der Waals surface area contributed by atoms with Crippen LogP contribution in [0.15, 0.2) is 66.6 Å². The van der Waals surface area contributed by atoms with Crippen LogP contribution in [0, 0.1) is 6.92 Å². The van der Waals surface area contributed by atoms with Gasteiger partial charge in [0, 0.05) is 22.1 Å². The highest BCUT2D eigenvalue weighted by Crippen LogP contribution is 2.34. The molecule has 0 aliphatic carbocycles. The summed E-state index contributed by atoms with van der Waals surface area (Å²) < 4.78 is 1.73. The van der Waals surface area contributed by atoms with E-state index in [1.807, 2.05) is 61.5 Å². The fourth-order valence-electron chi connectivity index (χ4n) is 3.08. The van der Waals surface area contributed by atoms with Crippen LogP contribution in [-0.4, -0.2) is 25.8 Å². The molecule has 0 aliphatic heterocycles. The molecule has 0 saturated heterocycles. The van der Waals surface area contributed by atoms with Crippen LogP contribution in [-0.2, 0) is 0 Å². The third-order valence-electron chi connectivity index (χ3n) is 4.48. The lowest BCUT2D eigenvalue weighted by Gasteiger charge is -2.06. The quantitative estimate of drug-likeness (QED) is 0.504. The third kappa shape index (κ3) is 3.14. The zero-order chi connectivity index (χ0) is 19.7. The Morgan fingerprint density at radius 3 is 2.43 bits per heavy atom. The van der Waals surface area contributed by atoms with Crippen molar-refractivity contribution >= 4 is 23.4 Å². The van der Waals surface area contributed by atoms with Crippen molar-refractivity contribution < 1.29 is 9.90 Å². The fraction of sp³-hybridized carbons (Fsp3) is 0.0455. The van der Waals surface area contributed by atoms with Gasteiger partial charge in [-0.2, -0.15) is 5.10 Å². The monoisotopic (exact) mass is 387 g/mol. The Hall–Kier alpha value is -3.51. The number of benzene rings is 2. The van der Waals surface area contributed by atoms with Crippen molar-refractivity contribution in [1.29, 1.82) is 0 Å². The maximum absolute atomic E-state index is 11.3. The Labute approximate surface area is 166 Å². The smallest absolute Gasteiger partial charge is 0.355 e. The molecule has 0 radical (unpaired) electrons. The molecule has 0 spiro atoms. The van der Waals surface area contributed by atoms with E-state index in [4.69, 9.17) is 5.10 Å². The van der Waals surface area contributed by atoms with Gasteiger partial charge in [-0.25, -0.2) is 14.5 Å². The van der Waals surface area contributed by atoms with E-state index in [1.54, 1.807) is 10.8 Å². The van der Waals surface area contributed by atoms with E-state index in [-0.39, 0.29) is 5.69 Å². The number of thiazole rings is 1. The summed E-state index contributed by atoms with van der Waals surface area (Å²) in [7, 11) is 0. The van der Waals surface area contributed by atoms with Gasteiger partial charge in [0.2, 0.25) is 5.13 Å². The van der Waals surface area contributed by atoms with Crippen molar-refractivity contribution in [2.75, 3.05) is 0 Å². The normalized spacial score (nSPS) is 10.8. The zero-order valence-corrected chi connectivity index (χ0v) is 16.0. The van der Waals surface area contributed by atoms with Gasteiger partial charge >= 0.3 is 5.97 Å². The first-order chi connectivity index (χ1) is 13.6. The molecule has 4 rings (SSSR count). The molecule has 1 N–H and O–H groups in total. The topological polar surface area (TPSA) is 68.0 Å². The van der Waals surface area contributed by atoms with E-state index < -0.39 is 5.97 Å². The van der Waals surface area contributed by atoms with Gasteiger partial charge in [0.1, 0.15) is 0 Å². The molecule has 0 atom stereocenters. The van der Waals surface area contributed by atoms with Gasteiger partial charge in [-0.3, -0.25) is 0 Å². The Kier molecular flexibility index (Phi) is 4.63. The van der Waals surface area contributed by atoms with Crippen LogP contribution in [0.1, 0.15) is 21.6 Å². The summed E-state index contributed by atoms with van der Waals surface area (Å²) in [5.74, 6) is -1.05. The number of hydrogen-bond donors (Lipinski definition) is 1. The maximum Gasteiger partial charge on any atom is 0.355 e. The second-order valence-corrected chi connectivity index (χ2v) is 7.08. The Balaban J connectivity index is 1.94. The molecule has 0 amide bonds. The second kappa shape index (κ2) is 7.25. The van der Waals surface area contributed by atoms with Crippen LogP contribution in [0.2, 0.25) is 0 Å². The molecule has 138 valence electrons. The van der Waals surface area contributed by atoms with Crippen LogP contribution in [0.3, 0.4) is 0 Å². The number of carbonyl (C=O) groups is 1. The van der Waals surface area contributed by atoms with Gasteiger partial charge in [-0.05, 0) is 12.5 Å². The highest BCUT2D eigenvalue weighted by molar-refractivity contribution is 7.12. The number of hydrogen-bond acceptors (Lipinski definition) is 4. The van der Waals surface area contributed by atoms with Crippen LogP contribution >= 0.6 is 11.3 Å². The van der Waals surface area contributed by atoms with Crippen LogP contribution in [0.5, 0.6) is 0 Å². The number of aromatic carboxylic acids is 1. The summed E-state index contributed by atoms with van der Waals surface area (Å²) in [4.78, 5) is 15.5. The molecule has 0 fully saturated rings. The highest BCUT2D eigenvalue weighted by Gasteiger charge is 2.21. The van der Waals surface area contributed by atoms with Crippen molar-refractivity contribution in [3.63, 3.8) is 0 Å². The molecular weight excluding hydrogens is 370 g/mol. The summed E-state index contributed by atoms with van der Waals surface area (Å²) in [5.41, 5.74) is 5.75. The predicted octanol–water partition coefficient (Wildman–Crippen LogP) is 5.31. The molecule has 2 aromatic carbocycles. The Bertz CT molecular complexity index is 1160. The third-order valence-corrected chi connectivity index (χ3v) is 5.30. The summed E-state index contributed by atoms with van der Waals surface area (Å²) in [6.45, 7) is 5.82. The average Bonchev–Trinajstić information content (AvgIpc) is 3.34. The minimum absolute atomic E-state index is 0.0161. The van der Waals surface area contributed by atoms with Crippen LogP contribution in [0.4, 0.5) is 0 Å². The molecular formula is C22H17N3O2S. The Morgan fingerprint density at radius 1 is 1.11 bits per heavy atom. The molecule has 28 heavy (non-hydrogen) atoms. The van der Waals surface area contributed by atoms with Gasteiger partial charge < -0.3 is 5.11 Å². The standard InChI is InChI=1S/C22H17N3O2S/c1-3-15-9-11-17(12-10-15)20-14(2)19(16-7-5-4-6-8-16)24-25(20)22-23-18(13-28-22)21(26)27/h3-13H,1H2,2H3,(H,26,27). The van der Waals surface area contributed by atoms with E-state index in [1.165, 1.54) is 16.7 Å². The lowest BCUT2D eigenvalue weighted by atomic mass is 10.0. The second-order valence-electron chi connectivity index (χ2n) is 6.25. The SMILES string of the molecule is C=Cc1ccc(-c2c(C)c(-c3ccccc3)nn2-c2nc(C(=O)O)cs2)cc1. The maximum atomic E-state index is 11.3. The van der Waals surface area contributed by atoms with Crippen molar-refractivity contribution in [3.05, 3.63) is 83.4 Å². The summed E-state index contributed by atoms with van der Waals surface area (Å²) >= 11 is 1.26. The van der Waals surface area contributed by atoms with E-state index in [0.29, 0.717) is 5.13 Å². The molecule has 0 saturated carbocycles. The fourth-order valence-corrected chi connectivity index (χ4v) is 3.83. The molecule has 4 aromatic rings. The van der Waals surface area contributed by atoms with E-state index in [0.717, 1.165) is 33.6 Å². The first-order valence-electron chi connectivity index (χ1n) is 8.65. The number of aromatic nitrogens is 3. The number of rotatable bonds is 5. The van der Waals surface area contributed by atoms with E-state index in [2.05, 4.69) is 11.6 Å². The Morgan fingerprint density at radius 2 is 1.82 bits per heavy atom. The van der Waals surface area contributed by atoms with Crippen molar-refractivity contribution in [2.24, 2.45) is 0 Å². The zero-order valence-electron chi connectivity index (χ0n) is 15.2. The molecule has 0 unspecified atom stereocenters. The van der Waals surface area contributed by atoms with E-state index in [9.17, 15) is 9.90 Å². The minimum Gasteiger partial charge on any atom is -0.476 e. The first-order valence-corrected chi connectivity index (χ1v) is 9.53. The molecule has 2 aromatic heterocycles. The molecule has 0 bridgehead atoms. The van der Waals surface area contributed by atoms with Crippen LogP contribution in [0.25, 0.3) is 33.7 Å². The lowest BCUT2D eigenvalue weighted by molar-refractivity contribution is 0.0691. The molecule has 2 heterocycles. The first kappa shape index (κ1) is 17.9. The number of carboxylic acids is 1. The summed E-state index contributed by atoms with van der Waals surface area (Å²) in [6, 6.07) is 17.9. The van der Waals surface area contributed by atoms with Gasteiger partial charge in [0.05, 0.1) is 11.4 Å². The molecule has 6 heteroatoms.